The van der Waals surface area contributed by atoms with Crippen LogP contribution in [0.2, 0.25) is 0 Å². The fourth-order valence-corrected chi connectivity index (χ4v) is 1.83. The normalized spacial score (nSPS) is 10.7. The van der Waals surface area contributed by atoms with Gasteiger partial charge >= 0.3 is 0 Å². The van der Waals surface area contributed by atoms with Crippen LogP contribution in [0.5, 0.6) is 5.75 Å². The molecule has 1 aromatic carbocycles. The van der Waals surface area contributed by atoms with Gasteiger partial charge in [0.2, 0.25) is 0 Å². The van der Waals surface area contributed by atoms with Crippen LogP contribution in [0.3, 0.4) is 0 Å². The predicted octanol–water partition coefficient (Wildman–Crippen LogP) is 2.34. The highest BCUT2D eigenvalue weighted by atomic mass is 79.9. The Morgan fingerprint density at radius 3 is 2.92 bits per heavy atom. The zero-order valence-corrected chi connectivity index (χ0v) is 9.00. The lowest BCUT2D eigenvalue weighted by atomic mass is 10.3. The maximum absolute atomic E-state index is 5.25. The third-order valence-corrected chi connectivity index (χ3v) is 2.63. The lowest BCUT2D eigenvalue weighted by Crippen LogP contribution is -1.88. The van der Waals surface area contributed by atoms with Gasteiger partial charge in [0.15, 0.2) is 5.75 Å². The highest BCUT2D eigenvalue weighted by molar-refractivity contribution is 9.10. The van der Waals surface area contributed by atoms with Crippen LogP contribution in [-0.4, -0.2) is 16.7 Å². The van der Waals surface area contributed by atoms with Gasteiger partial charge in [-0.05, 0) is 28.1 Å². The summed E-state index contributed by atoms with van der Waals surface area (Å²) in [6.45, 7) is 0. The smallest absolute Gasteiger partial charge is 0.160 e. The lowest BCUT2D eigenvalue weighted by Gasteiger charge is -2.03. The molecule has 1 heterocycles. The number of methoxy groups -OCH3 is 1. The SMILES string of the molecule is COc1c(Br)ccc2c1ncn2C. The fourth-order valence-electron chi connectivity index (χ4n) is 1.35. The number of hydrogen-bond acceptors (Lipinski definition) is 2. The number of benzene rings is 1. The van der Waals surface area contributed by atoms with Crippen LogP contribution in [0.1, 0.15) is 0 Å². The van der Waals surface area contributed by atoms with Crippen molar-refractivity contribution in [2.45, 2.75) is 0 Å². The van der Waals surface area contributed by atoms with Gasteiger partial charge in [-0.3, -0.25) is 0 Å². The first-order valence-electron chi connectivity index (χ1n) is 3.87. The van der Waals surface area contributed by atoms with Gasteiger partial charge in [-0.2, -0.15) is 0 Å². The Bertz CT molecular complexity index is 450. The minimum atomic E-state index is 0.790. The van der Waals surface area contributed by atoms with Gasteiger partial charge in [-0.25, -0.2) is 4.98 Å². The molecule has 68 valence electrons. The Kier molecular flexibility index (Phi) is 2.00. The summed E-state index contributed by atoms with van der Waals surface area (Å²) < 4.78 is 8.14. The topological polar surface area (TPSA) is 27.1 Å². The summed E-state index contributed by atoms with van der Waals surface area (Å²) in [7, 11) is 3.61. The lowest BCUT2D eigenvalue weighted by molar-refractivity contribution is 0.416. The highest BCUT2D eigenvalue weighted by Gasteiger charge is 2.09. The number of rotatable bonds is 1. The molecule has 0 saturated carbocycles. The summed E-state index contributed by atoms with van der Waals surface area (Å²) >= 11 is 3.41. The molecule has 13 heavy (non-hydrogen) atoms. The van der Waals surface area contributed by atoms with E-state index in [1.54, 1.807) is 13.4 Å². The maximum Gasteiger partial charge on any atom is 0.160 e. The molecule has 3 nitrogen and oxygen atoms in total. The van der Waals surface area contributed by atoms with E-state index in [-0.39, 0.29) is 0 Å². The highest BCUT2D eigenvalue weighted by Crippen LogP contribution is 2.31. The Balaban J connectivity index is 2.85. The third kappa shape index (κ3) is 1.21. The van der Waals surface area contributed by atoms with E-state index in [2.05, 4.69) is 20.9 Å². The Morgan fingerprint density at radius 2 is 2.23 bits per heavy atom. The number of nitrogens with zero attached hydrogens (tertiary/aromatic N) is 2. The first kappa shape index (κ1) is 8.56. The van der Waals surface area contributed by atoms with Crippen molar-refractivity contribution in [3.63, 3.8) is 0 Å². The van der Waals surface area contributed by atoms with Gasteiger partial charge in [0.25, 0.3) is 0 Å². The number of fused-ring (bicyclic) bond motifs is 1. The van der Waals surface area contributed by atoms with E-state index in [4.69, 9.17) is 4.74 Å². The van der Waals surface area contributed by atoms with Crippen LogP contribution < -0.4 is 4.74 Å². The van der Waals surface area contributed by atoms with Crippen molar-refractivity contribution in [2.75, 3.05) is 7.11 Å². The number of ether oxygens (including phenoxy) is 1. The summed E-state index contributed by atoms with van der Waals surface area (Å²) in [5.74, 6) is 0.790. The van der Waals surface area contributed by atoms with Crippen LogP contribution in [0, 0.1) is 0 Å². The second kappa shape index (κ2) is 3.03. The van der Waals surface area contributed by atoms with Crippen molar-refractivity contribution >= 4 is 27.0 Å². The minimum absolute atomic E-state index is 0.790. The van der Waals surface area contributed by atoms with Gasteiger partial charge < -0.3 is 9.30 Å². The van der Waals surface area contributed by atoms with Crippen molar-refractivity contribution in [3.8, 4) is 5.75 Å². The van der Waals surface area contributed by atoms with E-state index in [1.165, 1.54) is 0 Å². The third-order valence-electron chi connectivity index (χ3n) is 2.01. The fraction of sp³-hybridized carbons (Fsp3) is 0.222. The molecule has 1 aromatic heterocycles. The molecular formula is C9H9BrN2O. The summed E-state index contributed by atoms with van der Waals surface area (Å²) in [6, 6.07) is 3.97. The molecular weight excluding hydrogens is 232 g/mol. The molecule has 0 aliphatic carbocycles. The van der Waals surface area contributed by atoms with Gasteiger partial charge in [0.1, 0.15) is 5.52 Å². The van der Waals surface area contributed by atoms with Gasteiger partial charge in [0, 0.05) is 7.05 Å². The van der Waals surface area contributed by atoms with Gasteiger partial charge in [-0.1, -0.05) is 0 Å². The second-order valence-electron chi connectivity index (χ2n) is 2.80. The van der Waals surface area contributed by atoms with Crippen LogP contribution in [0.25, 0.3) is 11.0 Å². The Morgan fingerprint density at radius 1 is 1.46 bits per heavy atom. The molecule has 0 unspecified atom stereocenters. The van der Waals surface area contributed by atoms with Crippen molar-refractivity contribution < 1.29 is 4.74 Å². The molecule has 0 N–H and O–H groups in total. The van der Waals surface area contributed by atoms with Crippen molar-refractivity contribution in [2.24, 2.45) is 7.05 Å². The molecule has 0 fully saturated rings. The summed E-state index contributed by atoms with van der Waals surface area (Å²) in [5, 5.41) is 0. The molecule has 0 bridgehead atoms. The van der Waals surface area contributed by atoms with E-state index < -0.39 is 0 Å². The van der Waals surface area contributed by atoms with Crippen LogP contribution in [0.15, 0.2) is 22.9 Å². The molecule has 0 spiro atoms. The van der Waals surface area contributed by atoms with E-state index >= 15 is 0 Å². The standard InChI is InChI=1S/C9H9BrN2O/c1-12-5-11-8-7(12)4-3-6(10)9(8)13-2/h3-5H,1-2H3. The average molecular weight is 241 g/mol. The number of imidazole rings is 1. The van der Waals surface area contributed by atoms with E-state index in [9.17, 15) is 0 Å². The Hall–Kier alpha value is -1.03. The largest absolute Gasteiger partial charge is 0.493 e. The minimum Gasteiger partial charge on any atom is -0.493 e. The zero-order chi connectivity index (χ0) is 9.42. The number of hydrogen-bond donors (Lipinski definition) is 0. The number of aryl methyl sites for hydroxylation is 1. The van der Waals surface area contributed by atoms with Crippen molar-refractivity contribution in [1.82, 2.24) is 9.55 Å². The first-order valence-corrected chi connectivity index (χ1v) is 4.67. The van der Waals surface area contributed by atoms with Crippen molar-refractivity contribution in [1.29, 1.82) is 0 Å². The summed E-state index contributed by atoms with van der Waals surface area (Å²) in [6.07, 6.45) is 1.78. The predicted molar refractivity (Wildman–Crippen MR) is 55.0 cm³/mol. The molecule has 0 radical (unpaired) electrons. The average Bonchev–Trinajstić information content (AvgIpc) is 2.48. The van der Waals surface area contributed by atoms with Gasteiger partial charge in [0.05, 0.1) is 23.4 Å². The first-order chi connectivity index (χ1) is 6.24. The number of halogens is 1. The van der Waals surface area contributed by atoms with Crippen LogP contribution in [-0.2, 0) is 7.05 Å². The maximum atomic E-state index is 5.25. The molecule has 2 aromatic rings. The second-order valence-corrected chi connectivity index (χ2v) is 3.66. The molecule has 4 heteroatoms. The molecule has 0 saturated heterocycles. The Labute approximate surface area is 84.5 Å². The van der Waals surface area contributed by atoms with E-state index in [0.29, 0.717) is 0 Å². The molecule has 0 amide bonds. The molecule has 0 atom stereocenters. The van der Waals surface area contributed by atoms with E-state index in [1.807, 2.05) is 23.7 Å². The molecule has 0 aliphatic heterocycles. The number of aromatic nitrogens is 2. The van der Waals surface area contributed by atoms with Crippen molar-refractivity contribution in [3.05, 3.63) is 22.9 Å². The summed E-state index contributed by atoms with van der Waals surface area (Å²) in [5.41, 5.74) is 1.96. The quantitative estimate of drug-likeness (QED) is 0.766. The zero-order valence-electron chi connectivity index (χ0n) is 7.41. The van der Waals surface area contributed by atoms with Gasteiger partial charge in [-0.15, -0.1) is 0 Å². The molecule has 0 aliphatic rings. The van der Waals surface area contributed by atoms with E-state index in [0.717, 1.165) is 21.3 Å². The van der Waals surface area contributed by atoms with Crippen LogP contribution >= 0.6 is 15.9 Å². The molecule has 2 rings (SSSR count). The monoisotopic (exact) mass is 240 g/mol. The van der Waals surface area contributed by atoms with Crippen LogP contribution in [0.4, 0.5) is 0 Å². The summed E-state index contributed by atoms with van der Waals surface area (Å²) in [4.78, 5) is 4.26.